The second-order valence-electron chi connectivity index (χ2n) is 12.7. The van der Waals surface area contributed by atoms with E-state index in [-0.39, 0.29) is 33.5 Å². The Morgan fingerprint density at radius 2 is 0.392 bits per heavy atom. The molecule has 9 aromatic rings. The van der Waals surface area contributed by atoms with E-state index in [1.807, 2.05) is 0 Å². The first kappa shape index (κ1) is 33.8. The predicted molar refractivity (Wildman–Crippen MR) is 189 cm³/mol. The van der Waals surface area contributed by atoms with Crippen molar-refractivity contribution in [3.8, 4) is 0 Å². The average Bonchev–Trinajstić information content (AvgIpc) is 3.81. The first-order valence-corrected chi connectivity index (χ1v) is 16.1. The van der Waals surface area contributed by atoms with Crippen LogP contribution in [-0.2, 0) is 0 Å². The number of furan rings is 3. The maximum absolute atomic E-state index is 13.9. The molecule has 0 atom stereocenters. The molecule has 0 bridgehead atoms. The van der Waals surface area contributed by atoms with Crippen molar-refractivity contribution < 1.29 is 39.6 Å². The lowest BCUT2D eigenvalue weighted by Gasteiger charge is -1.95. The number of halogens is 6. The number of hydrogen-bond donors (Lipinski definition) is 0. The molecule has 0 saturated carbocycles. The lowest BCUT2D eigenvalue weighted by molar-refractivity contribution is 0.551. The molecule has 51 heavy (non-hydrogen) atoms. The monoisotopic (exact) mass is 696 g/mol. The van der Waals surface area contributed by atoms with Crippen molar-refractivity contribution in [1.29, 1.82) is 0 Å². The summed E-state index contributed by atoms with van der Waals surface area (Å²) in [6.07, 6.45) is 0. The van der Waals surface area contributed by atoms with E-state index in [1.54, 1.807) is 114 Å². The van der Waals surface area contributed by atoms with Crippen molar-refractivity contribution >= 4 is 65.8 Å². The van der Waals surface area contributed by atoms with Crippen molar-refractivity contribution in [3.05, 3.63) is 141 Å². The summed E-state index contributed by atoms with van der Waals surface area (Å²) < 4.78 is 99.1. The summed E-state index contributed by atoms with van der Waals surface area (Å²) in [7, 11) is 0. The molecule has 0 aliphatic carbocycles. The molecule has 0 N–H and O–H groups in total. The molecule has 0 aliphatic heterocycles. The van der Waals surface area contributed by atoms with Gasteiger partial charge in [-0.2, -0.15) is 0 Å². The van der Waals surface area contributed by atoms with E-state index in [0.29, 0.717) is 65.7 Å². The molecule has 0 unspecified atom stereocenters. The van der Waals surface area contributed by atoms with E-state index < -0.39 is 34.9 Å². The molecule has 0 aliphatic rings. The van der Waals surface area contributed by atoms with Gasteiger partial charge in [0.05, 0.1) is 0 Å². The van der Waals surface area contributed by atoms with E-state index in [2.05, 4.69) is 0 Å². The molecule has 0 amide bonds. The van der Waals surface area contributed by atoms with Gasteiger partial charge in [-0.3, -0.25) is 0 Å². The minimum atomic E-state index is -0.421. The third-order valence-electron chi connectivity index (χ3n) is 9.22. The van der Waals surface area contributed by atoms with Gasteiger partial charge in [-0.05, 0) is 74.9 Å². The molecule has 0 fully saturated rings. The fourth-order valence-electron chi connectivity index (χ4n) is 6.10. The summed E-state index contributed by atoms with van der Waals surface area (Å²) in [5.41, 5.74) is 3.74. The maximum Gasteiger partial charge on any atom is 0.171 e. The third-order valence-corrected chi connectivity index (χ3v) is 9.22. The highest BCUT2D eigenvalue weighted by atomic mass is 19.1. The van der Waals surface area contributed by atoms with Gasteiger partial charge in [0.15, 0.2) is 68.4 Å². The van der Waals surface area contributed by atoms with Gasteiger partial charge in [0.2, 0.25) is 0 Å². The standard InChI is InChI=1S/3C14H10F2O/c3*1-7-3-5-9-10-6-4-8(2)12(16)14(10)17-13(9)11(7)15/h3*3-6H,1-2H3. The summed E-state index contributed by atoms with van der Waals surface area (Å²) in [6, 6.07) is 20.6. The normalized spacial score (nSPS) is 11.5. The van der Waals surface area contributed by atoms with E-state index >= 15 is 0 Å². The quantitative estimate of drug-likeness (QED) is 0.148. The Balaban J connectivity index is 0.000000119. The van der Waals surface area contributed by atoms with Crippen LogP contribution in [0.15, 0.2) is 86.0 Å². The first-order valence-electron chi connectivity index (χ1n) is 16.1. The van der Waals surface area contributed by atoms with Crippen molar-refractivity contribution in [3.63, 3.8) is 0 Å². The molecule has 3 heterocycles. The van der Waals surface area contributed by atoms with Crippen LogP contribution in [0.3, 0.4) is 0 Å². The number of benzene rings is 6. The van der Waals surface area contributed by atoms with Gasteiger partial charge in [0, 0.05) is 32.3 Å². The molecular formula is C42H30F6O3. The van der Waals surface area contributed by atoms with E-state index in [1.165, 1.54) is 0 Å². The summed E-state index contributed by atoms with van der Waals surface area (Å²) >= 11 is 0. The Morgan fingerprint density at radius 3 is 0.529 bits per heavy atom. The smallest absolute Gasteiger partial charge is 0.171 e. The molecule has 0 spiro atoms. The summed E-state index contributed by atoms with van der Waals surface area (Å²) in [5, 5.41) is 3.68. The van der Waals surface area contributed by atoms with Gasteiger partial charge in [0.25, 0.3) is 0 Å². The second kappa shape index (κ2) is 12.6. The van der Waals surface area contributed by atoms with Crippen molar-refractivity contribution in [2.75, 3.05) is 0 Å². The Kier molecular flexibility index (Phi) is 8.32. The van der Waals surface area contributed by atoms with Gasteiger partial charge < -0.3 is 13.3 Å². The van der Waals surface area contributed by atoms with Crippen LogP contribution in [0.1, 0.15) is 33.4 Å². The minimum Gasteiger partial charge on any atom is -0.450 e. The highest BCUT2D eigenvalue weighted by molar-refractivity contribution is 6.07. The van der Waals surface area contributed by atoms with Gasteiger partial charge in [0.1, 0.15) is 0 Å². The second-order valence-corrected chi connectivity index (χ2v) is 12.7. The minimum absolute atomic E-state index is 0.129. The van der Waals surface area contributed by atoms with Crippen molar-refractivity contribution in [2.24, 2.45) is 0 Å². The number of aryl methyl sites for hydroxylation is 6. The zero-order chi connectivity index (χ0) is 36.5. The van der Waals surface area contributed by atoms with Crippen LogP contribution in [-0.4, -0.2) is 0 Å². The van der Waals surface area contributed by atoms with Crippen LogP contribution in [0.2, 0.25) is 0 Å². The molecule has 258 valence electrons. The Morgan fingerprint density at radius 1 is 0.255 bits per heavy atom. The zero-order valence-electron chi connectivity index (χ0n) is 28.4. The maximum atomic E-state index is 13.9. The molecule has 9 rings (SSSR count). The fraction of sp³-hybridized carbons (Fsp3) is 0.143. The van der Waals surface area contributed by atoms with Crippen LogP contribution in [0.4, 0.5) is 26.3 Å². The first-order chi connectivity index (χ1) is 24.3. The van der Waals surface area contributed by atoms with E-state index in [0.717, 1.165) is 0 Å². The van der Waals surface area contributed by atoms with Crippen LogP contribution < -0.4 is 0 Å². The molecule has 0 saturated heterocycles. The third kappa shape index (κ3) is 5.48. The fourth-order valence-corrected chi connectivity index (χ4v) is 6.10. The van der Waals surface area contributed by atoms with Crippen molar-refractivity contribution in [1.82, 2.24) is 0 Å². The highest BCUT2D eigenvalue weighted by Gasteiger charge is 2.19. The predicted octanol–water partition coefficient (Wildman–Crippen LogP) is 13.4. The number of hydrogen-bond acceptors (Lipinski definition) is 3. The SMILES string of the molecule is Cc1ccc2c(oc3c(F)c(C)ccc32)c1F.Cc1ccc2c(oc3c(F)c(C)ccc32)c1F.Cc1ccc2c(oc3c(F)c(C)ccc32)c1F. The molecule has 3 nitrogen and oxygen atoms in total. The summed E-state index contributed by atoms with van der Waals surface area (Å²) in [4.78, 5) is 0. The van der Waals surface area contributed by atoms with Gasteiger partial charge in [-0.1, -0.05) is 72.8 Å². The average molecular weight is 697 g/mol. The molecule has 9 heteroatoms. The van der Waals surface area contributed by atoms with Crippen LogP contribution in [0, 0.1) is 76.4 Å². The zero-order valence-corrected chi connectivity index (χ0v) is 28.4. The van der Waals surface area contributed by atoms with Crippen molar-refractivity contribution in [2.45, 2.75) is 41.5 Å². The Hall–Kier alpha value is -5.70. The summed E-state index contributed by atoms with van der Waals surface area (Å²) in [6.45, 7) is 9.94. The van der Waals surface area contributed by atoms with Crippen LogP contribution in [0.5, 0.6) is 0 Å². The molecular weight excluding hydrogens is 666 g/mol. The van der Waals surface area contributed by atoms with Gasteiger partial charge in [-0.15, -0.1) is 0 Å². The number of fused-ring (bicyclic) bond motifs is 9. The van der Waals surface area contributed by atoms with Crippen LogP contribution >= 0.6 is 0 Å². The lowest BCUT2D eigenvalue weighted by Crippen LogP contribution is -1.81. The van der Waals surface area contributed by atoms with Gasteiger partial charge >= 0.3 is 0 Å². The lowest BCUT2D eigenvalue weighted by atomic mass is 10.1. The largest absolute Gasteiger partial charge is 0.450 e. The topological polar surface area (TPSA) is 39.4 Å². The summed E-state index contributed by atoms with van der Waals surface area (Å²) in [5.74, 6) is -2.52. The molecule has 3 aromatic heterocycles. The Bertz CT molecular complexity index is 2340. The van der Waals surface area contributed by atoms with E-state index in [9.17, 15) is 26.3 Å². The molecule has 0 radical (unpaired) electrons. The van der Waals surface area contributed by atoms with E-state index in [4.69, 9.17) is 13.3 Å². The van der Waals surface area contributed by atoms with Crippen LogP contribution in [0.25, 0.3) is 65.8 Å². The Labute approximate surface area is 287 Å². The number of rotatable bonds is 0. The van der Waals surface area contributed by atoms with Gasteiger partial charge in [-0.25, -0.2) is 26.3 Å². The molecule has 6 aromatic carbocycles. The highest BCUT2D eigenvalue weighted by Crippen LogP contribution is 2.36.